The van der Waals surface area contributed by atoms with Crippen molar-refractivity contribution in [3.05, 3.63) is 0 Å². The predicted molar refractivity (Wildman–Crippen MR) is 65.2 cm³/mol. The standard InChI is InChI=1S/C11H21NO4S/c1-4-16-9(13)7-17(14,15)8-5-6-11(2,3)10(8)12/h8,10H,4-7,12H2,1-3H3. The van der Waals surface area contributed by atoms with Crippen molar-refractivity contribution in [3.63, 3.8) is 0 Å². The van der Waals surface area contributed by atoms with Gasteiger partial charge in [0.15, 0.2) is 9.84 Å². The molecule has 1 saturated carbocycles. The van der Waals surface area contributed by atoms with Crippen LogP contribution in [0.2, 0.25) is 0 Å². The second kappa shape index (κ2) is 4.94. The molecule has 0 amide bonds. The molecule has 17 heavy (non-hydrogen) atoms. The molecule has 2 N–H and O–H groups in total. The zero-order chi connectivity index (χ0) is 13.3. The van der Waals surface area contributed by atoms with E-state index in [1.165, 1.54) is 0 Å². The van der Waals surface area contributed by atoms with E-state index in [2.05, 4.69) is 4.74 Å². The summed E-state index contributed by atoms with van der Waals surface area (Å²) in [6, 6.07) is -0.415. The molecule has 6 heteroatoms. The van der Waals surface area contributed by atoms with Gasteiger partial charge in [0.25, 0.3) is 0 Å². The monoisotopic (exact) mass is 263 g/mol. The molecule has 0 saturated heterocycles. The molecule has 1 aliphatic carbocycles. The number of carbonyl (C=O) groups excluding carboxylic acids is 1. The van der Waals surface area contributed by atoms with Gasteiger partial charge in [0.2, 0.25) is 0 Å². The first-order chi connectivity index (χ1) is 7.70. The quantitative estimate of drug-likeness (QED) is 0.745. The molecule has 2 unspecified atom stereocenters. The van der Waals surface area contributed by atoms with Gasteiger partial charge < -0.3 is 10.5 Å². The fourth-order valence-corrected chi connectivity index (χ4v) is 4.16. The minimum absolute atomic E-state index is 0.188. The minimum Gasteiger partial charge on any atom is -0.465 e. The van der Waals surface area contributed by atoms with E-state index in [0.717, 1.165) is 6.42 Å². The molecule has 1 aliphatic rings. The number of hydrogen-bond donors (Lipinski definition) is 1. The molecule has 5 nitrogen and oxygen atoms in total. The van der Waals surface area contributed by atoms with Crippen molar-refractivity contribution in [3.8, 4) is 0 Å². The van der Waals surface area contributed by atoms with Gasteiger partial charge in [-0.3, -0.25) is 4.79 Å². The number of rotatable bonds is 4. The van der Waals surface area contributed by atoms with Crippen molar-refractivity contribution in [2.24, 2.45) is 11.1 Å². The third-order valence-electron chi connectivity index (χ3n) is 3.46. The lowest BCUT2D eigenvalue weighted by molar-refractivity contribution is -0.139. The lowest BCUT2D eigenvalue weighted by Gasteiger charge is -2.26. The first kappa shape index (κ1) is 14.4. The summed E-state index contributed by atoms with van der Waals surface area (Å²) in [6.45, 7) is 5.75. The molecule has 0 bridgehead atoms. The summed E-state index contributed by atoms with van der Waals surface area (Å²) in [6.07, 6.45) is 1.29. The van der Waals surface area contributed by atoms with Gasteiger partial charge >= 0.3 is 5.97 Å². The van der Waals surface area contributed by atoms with E-state index in [1.807, 2.05) is 13.8 Å². The highest BCUT2D eigenvalue weighted by atomic mass is 32.2. The molecule has 0 aromatic carbocycles. The van der Waals surface area contributed by atoms with Crippen molar-refractivity contribution in [1.82, 2.24) is 0 Å². The van der Waals surface area contributed by atoms with Crippen LogP contribution in [0.15, 0.2) is 0 Å². The second-order valence-corrected chi connectivity index (χ2v) is 7.42. The lowest BCUT2D eigenvalue weighted by Crippen LogP contribution is -2.45. The Morgan fingerprint density at radius 2 is 2.06 bits per heavy atom. The van der Waals surface area contributed by atoms with E-state index in [0.29, 0.717) is 6.42 Å². The van der Waals surface area contributed by atoms with Crippen LogP contribution in [0, 0.1) is 5.41 Å². The fourth-order valence-electron chi connectivity index (χ4n) is 2.24. The third-order valence-corrected chi connectivity index (χ3v) is 5.55. The van der Waals surface area contributed by atoms with Gasteiger partial charge in [-0.1, -0.05) is 13.8 Å². The number of hydrogen-bond acceptors (Lipinski definition) is 5. The van der Waals surface area contributed by atoms with Gasteiger partial charge in [-0.25, -0.2) is 8.42 Å². The van der Waals surface area contributed by atoms with Crippen molar-refractivity contribution >= 4 is 15.8 Å². The van der Waals surface area contributed by atoms with Crippen LogP contribution in [-0.2, 0) is 19.4 Å². The van der Waals surface area contributed by atoms with Gasteiger partial charge in [0.05, 0.1) is 11.9 Å². The SMILES string of the molecule is CCOC(=O)CS(=O)(=O)C1CCC(C)(C)C1N. The molecule has 2 atom stereocenters. The van der Waals surface area contributed by atoms with E-state index >= 15 is 0 Å². The number of sulfone groups is 1. The van der Waals surface area contributed by atoms with Gasteiger partial charge in [0.1, 0.15) is 5.75 Å². The van der Waals surface area contributed by atoms with Crippen LogP contribution in [-0.4, -0.2) is 38.0 Å². The lowest BCUT2D eigenvalue weighted by atomic mass is 9.88. The van der Waals surface area contributed by atoms with Crippen molar-refractivity contribution < 1.29 is 17.9 Å². The van der Waals surface area contributed by atoms with Crippen LogP contribution in [0.25, 0.3) is 0 Å². The number of carbonyl (C=O) groups is 1. The Labute approximate surface area is 103 Å². The topological polar surface area (TPSA) is 86.5 Å². The Bertz CT molecular complexity index is 388. The van der Waals surface area contributed by atoms with Crippen molar-refractivity contribution in [2.45, 2.75) is 44.9 Å². The van der Waals surface area contributed by atoms with E-state index in [-0.39, 0.29) is 12.0 Å². The van der Waals surface area contributed by atoms with E-state index < -0.39 is 32.9 Å². The maximum absolute atomic E-state index is 12.0. The third kappa shape index (κ3) is 3.19. The molecular formula is C11H21NO4S. The second-order valence-electron chi connectivity index (χ2n) is 5.20. The van der Waals surface area contributed by atoms with Crippen LogP contribution in [0.5, 0.6) is 0 Å². The fraction of sp³-hybridized carbons (Fsp3) is 0.909. The average Bonchev–Trinajstić information content (AvgIpc) is 2.41. The van der Waals surface area contributed by atoms with Crippen LogP contribution in [0.3, 0.4) is 0 Å². The minimum atomic E-state index is -3.50. The van der Waals surface area contributed by atoms with Gasteiger partial charge in [0, 0.05) is 6.04 Å². The molecule has 0 heterocycles. The van der Waals surface area contributed by atoms with Gasteiger partial charge in [-0.05, 0) is 25.2 Å². The zero-order valence-electron chi connectivity index (χ0n) is 10.6. The molecule has 0 spiro atoms. The molecule has 1 rings (SSSR count). The summed E-state index contributed by atoms with van der Waals surface area (Å²) in [5.74, 6) is -1.25. The van der Waals surface area contributed by atoms with Gasteiger partial charge in [-0.15, -0.1) is 0 Å². The zero-order valence-corrected chi connectivity index (χ0v) is 11.4. The number of ether oxygens (including phenoxy) is 1. The van der Waals surface area contributed by atoms with Gasteiger partial charge in [-0.2, -0.15) is 0 Å². The van der Waals surface area contributed by atoms with Crippen molar-refractivity contribution in [1.29, 1.82) is 0 Å². The Balaban J connectivity index is 2.76. The van der Waals surface area contributed by atoms with E-state index in [1.54, 1.807) is 6.92 Å². The first-order valence-corrected chi connectivity index (χ1v) is 7.55. The average molecular weight is 263 g/mol. The molecule has 100 valence electrons. The summed E-state index contributed by atoms with van der Waals surface area (Å²) in [5.41, 5.74) is 5.77. The van der Waals surface area contributed by atoms with Crippen molar-refractivity contribution in [2.75, 3.05) is 12.4 Å². The van der Waals surface area contributed by atoms with Crippen LogP contribution < -0.4 is 5.73 Å². The Morgan fingerprint density at radius 1 is 1.47 bits per heavy atom. The molecule has 0 aromatic rings. The molecular weight excluding hydrogens is 242 g/mol. The maximum Gasteiger partial charge on any atom is 0.321 e. The maximum atomic E-state index is 12.0. The summed E-state index contributed by atoms with van der Waals surface area (Å²) in [7, 11) is -3.50. The van der Waals surface area contributed by atoms with Crippen LogP contribution in [0.1, 0.15) is 33.6 Å². The Hall–Kier alpha value is -0.620. The smallest absolute Gasteiger partial charge is 0.321 e. The highest BCUT2D eigenvalue weighted by Gasteiger charge is 2.46. The van der Waals surface area contributed by atoms with E-state index in [4.69, 9.17) is 5.73 Å². The summed E-state index contributed by atoms with van der Waals surface area (Å²) < 4.78 is 28.7. The number of esters is 1. The Kier molecular flexibility index (Phi) is 4.19. The largest absolute Gasteiger partial charge is 0.465 e. The Morgan fingerprint density at radius 3 is 2.47 bits per heavy atom. The molecule has 1 fully saturated rings. The summed E-state index contributed by atoms with van der Waals surface area (Å²) in [5, 5.41) is -0.623. The highest BCUT2D eigenvalue weighted by Crippen LogP contribution is 2.39. The first-order valence-electron chi connectivity index (χ1n) is 5.83. The molecule has 0 aromatic heterocycles. The van der Waals surface area contributed by atoms with Crippen LogP contribution in [0.4, 0.5) is 0 Å². The number of nitrogens with two attached hydrogens (primary N) is 1. The molecule has 0 radical (unpaired) electrons. The summed E-state index contributed by atoms with van der Waals surface area (Å²) >= 11 is 0. The normalized spacial score (nSPS) is 28.0. The summed E-state index contributed by atoms with van der Waals surface area (Å²) in [4.78, 5) is 11.2. The highest BCUT2D eigenvalue weighted by molar-refractivity contribution is 7.92. The van der Waals surface area contributed by atoms with E-state index in [9.17, 15) is 13.2 Å². The molecule has 0 aliphatic heterocycles. The predicted octanol–water partition coefficient (Wildman–Crippen LogP) is 0.480. The van der Waals surface area contributed by atoms with Crippen LogP contribution >= 0.6 is 0 Å².